The standard InChI is InChI=1S/C25H31N3O3S/c1-3-19(20-11-6-5-7-12-20)17-26-23(29)18-32-25-27-22-14-9-8-13-21(22)24(30)28(25)15-10-16-31-4-2/h5-9,11-14,19H,3-4,10,15-18H2,1-2H3,(H,26,29). The molecule has 0 spiro atoms. The summed E-state index contributed by atoms with van der Waals surface area (Å²) in [6, 6.07) is 17.5. The van der Waals surface area contributed by atoms with Gasteiger partial charge in [0.05, 0.1) is 16.7 Å². The fraction of sp³-hybridized carbons (Fsp3) is 0.400. The van der Waals surface area contributed by atoms with E-state index < -0.39 is 0 Å². The summed E-state index contributed by atoms with van der Waals surface area (Å²) in [6.45, 7) is 6.40. The Hall–Kier alpha value is -2.64. The Morgan fingerprint density at radius 3 is 2.62 bits per heavy atom. The van der Waals surface area contributed by atoms with Gasteiger partial charge in [0, 0.05) is 32.2 Å². The van der Waals surface area contributed by atoms with Crippen LogP contribution in [-0.4, -0.2) is 41.0 Å². The van der Waals surface area contributed by atoms with Crippen LogP contribution in [0.25, 0.3) is 10.9 Å². The number of carbonyl (C=O) groups excluding carboxylic acids is 1. The molecule has 3 rings (SSSR count). The normalized spacial score (nSPS) is 12.1. The van der Waals surface area contributed by atoms with Crippen LogP contribution in [0.1, 0.15) is 38.2 Å². The first-order valence-corrected chi connectivity index (χ1v) is 12.1. The Kier molecular flexibility index (Phi) is 9.31. The van der Waals surface area contributed by atoms with Gasteiger partial charge < -0.3 is 10.1 Å². The minimum Gasteiger partial charge on any atom is -0.382 e. The summed E-state index contributed by atoms with van der Waals surface area (Å²) in [7, 11) is 0. The molecule has 0 bridgehead atoms. The molecule has 2 aromatic carbocycles. The van der Waals surface area contributed by atoms with Gasteiger partial charge in [0.2, 0.25) is 5.91 Å². The smallest absolute Gasteiger partial charge is 0.262 e. The summed E-state index contributed by atoms with van der Waals surface area (Å²) < 4.78 is 7.08. The van der Waals surface area contributed by atoms with Gasteiger partial charge in [-0.05, 0) is 37.5 Å². The zero-order valence-corrected chi connectivity index (χ0v) is 19.6. The molecule has 0 saturated heterocycles. The highest BCUT2D eigenvalue weighted by molar-refractivity contribution is 7.99. The van der Waals surface area contributed by atoms with Crippen molar-refractivity contribution in [3.05, 3.63) is 70.5 Å². The van der Waals surface area contributed by atoms with E-state index in [0.29, 0.717) is 48.8 Å². The summed E-state index contributed by atoms with van der Waals surface area (Å²) in [6.07, 6.45) is 1.66. The van der Waals surface area contributed by atoms with E-state index in [9.17, 15) is 9.59 Å². The maximum Gasteiger partial charge on any atom is 0.262 e. The molecule has 1 atom stereocenters. The van der Waals surface area contributed by atoms with Crippen molar-refractivity contribution in [3.8, 4) is 0 Å². The van der Waals surface area contributed by atoms with Crippen LogP contribution in [-0.2, 0) is 16.1 Å². The number of ether oxygens (including phenoxy) is 1. The number of fused-ring (bicyclic) bond motifs is 1. The molecular formula is C25H31N3O3S. The van der Waals surface area contributed by atoms with E-state index in [2.05, 4.69) is 29.4 Å². The monoisotopic (exact) mass is 453 g/mol. The third-order valence-corrected chi connectivity index (χ3v) is 6.32. The molecule has 3 aromatic rings. The van der Waals surface area contributed by atoms with Gasteiger partial charge in [-0.15, -0.1) is 0 Å². The van der Waals surface area contributed by atoms with Gasteiger partial charge in [0.25, 0.3) is 5.56 Å². The van der Waals surface area contributed by atoms with Gasteiger partial charge in [-0.1, -0.05) is 61.2 Å². The number of para-hydroxylation sites is 1. The number of hydrogen-bond acceptors (Lipinski definition) is 5. The van der Waals surface area contributed by atoms with Crippen molar-refractivity contribution >= 4 is 28.6 Å². The van der Waals surface area contributed by atoms with E-state index in [-0.39, 0.29) is 23.1 Å². The molecule has 0 aliphatic carbocycles. The maximum atomic E-state index is 13.0. The van der Waals surface area contributed by atoms with Crippen molar-refractivity contribution in [3.63, 3.8) is 0 Å². The number of nitrogens with one attached hydrogen (secondary N) is 1. The first-order chi connectivity index (χ1) is 15.6. The molecule has 170 valence electrons. The quantitative estimate of drug-likeness (QED) is 0.252. The highest BCUT2D eigenvalue weighted by atomic mass is 32.2. The van der Waals surface area contributed by atoms with E-state index in [1.165, 1.54) is 17.3 Å². The first kappa shape index (κ1) is 24.0. The molecule has 0 fully saturated rings. The predicted octanol–water partition coefficient (Wildman–Crippen LogP) is 4.23. The van der Waals surface area contributed by atoms with Crippen LogP contribution in [0.4, 0.5) is 0 Å². The number of carbonyl (C=O) groups is 1. The SMILES string of the molecule is CCOCCCn1c(SCC(=O)NCC(CC)c2ccccc2)nc2ccccc2c1=O. The molecular weight excluding hydrogens is 422 g/mol. The van der Waals surface area contributed by atoms with Crippen LogP contribution in [0, 0.1) is 0 Å². The largest absolute Gasteiger partial charge is 0.382 e. The number of benzene rings is 2. The van der Waals surface area contributed by atoms with Crippen LogP contribution >= 0.6 is 11.8 Å². The minimum atomic E-state index is -0.0786. The van der Waals surface area contributed by atoms with Crippen molar-refractivity contribution < 1.29 is 9.53 Å². The number of amides is 1. The Bertz CT molecular complexity index is 1070. The predicted molar refractivity (Wildman–Crippen MR) is 130 cm³/mol. The lowest BCUT2D eigenvalue weighted by atomic mass is 9.96. The molecule has 1 aromatic heterocycles. The highest BCUT2D eigenvalue weighted by Gasteiger charge is 2.15. The first-order valence-electron chi connectivity index (χ1n) is 11.2. The van der Waals surface area contributed by atoms with Crippen molar-refractivity contribution in [2.45, 2.75) is 44.3 Å². The molecule has 1 amide bonds. The summed E-state index contributed by atoms with van der Waals surface area (Å²) in [5.41, 5.74) is 1.80. The van der Waals surface area contributed by atoms with Crippen molar-refractivity contribution in [2.24, 2.45) is 0 Å². The number of nitrogens with zero attached hydrogens (tertiary/aromatic N) is 2. The molecule has 1 unspecified atom stereocenters. The molecule has 1 heterocycles. The van der Waals surface area contributed by atoms with Gasteiger partial charge in [-0.2, -0.15) is 0 Å². The zero-order chi connectivity index (χ0) is 22.8. The summed E-state index contributed by atoms with van der Waals surface area (Å²) in [5, 5.41) is 4.19. The summed E-state index contributed by atoms with van der Waals surface area (Å²) in [5.74, 6) is 0.426. The Balaban J connectivity index is 1.67. The molecule has 1 N–H and O–H groups in total. The van der Waals surface area contributed by atoms with Crippen molar-refractivity contribution in [1.29, 1.82) is 0 Å². The highest BCUT2D eigenvalue weighted by Crippen LogP contribution is 2.20. The third kappa shape index (κ3) is 6.43. The number of thioether (sulfide) groups is 1. The van der Waals surface area contributed by atoms with E-state index in [1.807, 2.05) is 43.3 Å². The van der Waals surface area contributed by atoms with E-state index in [0.717, 1.165) is 6.42 Å². The van der Waals surface area contributed by atoms with Gasteiger partial charge in [-0.3, -0.25) is 14.2 Å². The Labute approximate surface area is 193 Å². The van der Waals surface area contributed by atoms with E-state index in [4.69, 9.17) is 4.74 Å². The average Bonchev–Trinajstić information content (AvgIpc) is 2.83. The second-order valence-electron chi connectivity index (χ2n) is 7.53. The van der Waals surface area contributed by atoms with Gasteiger partial charge >= 0.3 is 0 Å². The lowest BCUT2D eigenvalue weighted by Gasteiger charge is -2.16. The molecule has 7 heteroatoms. The average molecular weight is 454 g/mol. The van der Waals surface area contributed by atoms with E-state index in [1.54, 1.807) is 10.6 Å². The van der Waals surface area contributed by atoms with Gasteiger partial charge in [0.15, 0.2) is 5.16 Å². The molecule has 6 nitrogen and oxygen atoms in total. The fourth-order valence-electron chi connectivity index (χ4n) is 3.57. The van der Waals surface area contributed by atoms with Crippen molar-refractivity contribution in [2.75, 3.05) is 25.5 Å². The van der Waals surface area contributed by atoms with Crippen molar-refractivity contribution in [1.82, 2.24) is 14.9 Å². The third-order valence-electron chi connectivity index (χ3n) is 5.34. The lowest BCUT2D eigenvalue weighted by Crippen LogP contribution is -2.30. The van der Waals surface area contributed by atoms with Crippen LogP contribution < -0.4 is 10.9 Å². The van der Waals surface area contributed by atoms with Gasteiger partial charge in [0.1, 0.15) is 0 Å². The fourth-order valence-corrected chi connectivity index (χ4v) is 4.42. The molecule has 0 saturated carbocycles. The second-order valence-corrected chi connectivity index (χ2v) is 8.47. The number of rotatable bonds is 12. The summed E-state index contributed by atoms with van der Waals surface area (Å²) in [4.78, 5) is 30.3. The van der Waals surface area contributed by atoms with Gasteiger partial charge in [-0.25, -0.2) is 4.98 Å². The summed E-state index contributed by atoms with van der Waals surface area (Å²) >= 11 is 1.30. The topological polar surface area (TPSA) is 73.2 Å². The zero-order valence-electron chi connectivity index (χ0n) is 18.8. The van der Waals surface area contributed by atoms with Crippen LogP contribution in [0.3, 0.4) is 0 Å². The van der Waals surface area contributed by atoms with E-state index >= 15 is 0 Å². The lowest BCUT2D eigenvalue weighted by molar-refractivity contribution is -0.118. The molecule has 0 radical (unpaired) electrons. The number of hydrogen-bond donors (Lipinski definition) is 1. The maximum absolute atomic E-state index is 13.0. The molecule has 32 heavy (non-hydrogen) atoms. The van der Waals surface area contributed by atoms with Crippen LogP contribution in [0.2, 0.25) is 0 Å². The second kappa shape index (κ2) is 12.4. The number of aromatic nitrogens is 2. The molecule has 0 aliphatic rings. The molecule has 0 aliphatic heterocycles. The Morgan fingerprint density at radius 1 is 1.12 bits per heavy atom. The van der Waals surface area contributed by atoms with Crippen LogP contribution in [0.5, 0.6) is 0 Å². The van der Waals surface area contributed by atoms with Crippen LogP contribution in [0.15, 0.2) is 64.5 Å². The minimum absolute atomic E-state index is 0.0624. The Morgan fingerprint density at radius 2 is 1.88 bits per heavy atom.